The molecule has 2 aromatic carbocycles. The number of aliphatic hydroxyl groups is 1. The number of aliphatic hydroxyl groups excluding tert-OH is 1. The summed E-state index contributed by atoms with van der Waals surface area (Å²) < 4.78 is 11.7. The summed E-state index contributed by atoms with van der Waals surface area (Å²) in [6, 6.07) is 13.4. The molecule has 0 amide bonds. The van der Waals surface area contributed by atoms with E-state index in [1.807, 2.05) is 0 Å². The van der Waals surface area contributed by atoms with E-state index in [2.05, 4.69) is 21.1 Å². The van der Waals surface area contributed by atoms with Crippen molar-refractivity contribution >= 4 is 29.3 Å². The normalized spacial score (nSPS) is 10.9. The van der Waals surface area contributed by atoms with Gasteiger partial charge < -0.3 is 29.0 Å². The van der Waals surface area contributed by atoms with Crippen LogP contribution in [0.5, 0.6) is 5.75 Å². The molecule has 1 N–H and O–H groups in total. The van der Waals surface area contributed by atoms with Gasteiger partial charge in [-0.15, -0.1) is 0 Å². The number of hydrogen-bond donors (Lipinski definition) is 1. The molecule has 0 heterocycles. The second-order valence-electron chi connectivity index (χ2n) is 9.66. The highest BCUT2D eigenvalue weighted by Crippen LogP contribution is 2.22. The first-order chi connectivity index (χ1) is 16.5. The molecule has 0 aliphatic carbocycles. The quantitative estimate of drug-likeness (QED) is 0.321. The van der Waals surface area contributed by atoms with Gasteiger partial charge >= 0.3 is 5.97 Å². The van der Waals surface area contributed by atoms with E-state index >= 15 is 0 Å². The van der Waals surface area contributed by atoms with Crippen LogP contribution in [0, 0.1) is 0 Å². The van der Waals surface area contributed by atoms with Crippen LogP contribution >= 0.6 is 11.6 Å². The fourth-order valence-corrected chi connectivity index (χ4v) is 2.56. The first-order valence-electron chi connectivity index (χ1n) is 11.4. The Labute approximate surface area is 219 Å². The van der Waals surface area contributed by atoms with E-state index < -0.39 is 17.5 Å². The third-order valence-electron chi connectivity index (χ3n) is 4.20. The lowest BCUT2D eigenvalue weighted by atomic mass is 10.0. The number of nitrogens with zero attached hydrogens (tertiary/aromatic N) is 1. The fraction of sp³-hybridized carbons (Fsp3) is 0.444. The molecule has 0 radical (unpaired) electrons. The Morgan fingerprint density at radius 2 is 1.39 bits per heavy atom. The maximum atomic E-state index is 12.4. The van der Waals surface area contributed by atoms with Gasteiger partial charge in [0.25, 0.3) is 0 Å². The zero-order valence-electron chi connectivity index (χ0n) is 22.3. The van der Waals surface area contributed by atoms with Crippen molar-refractivity contribution in [2.75, 3.05) is 34.3 Å². The largest absolute Gasteiger partial charge is 0.550 e. The molecule has 36 heavy (non-hydrogen) atoms. The zero-order valence-corrected chi connectivity index (χ0v) is 23.1. The first kappa shape index (κ1) is 33.1. The van der Waals surface area contributed by atoms with E-state index in [1.54, 1.807) is 76.2 Å². The van der Waals surface area contributed by atoms with Gasteiger partial charge in [0, 0.05) is 22.1 Å². The molecule has 0 fully saturated rings. The smallest absolute Gasteiger partial charge is 0.350 e. The van der Waals surface area contributed by atoms with Crippen molar-refractivity contribution in [1.82, 2.24) is 0 Å². The van der Waals surface area contributed by atoms with E-state index in [4.69, 9.17) is 36.1 Å². The van der Waals surface area contributed by atoms with Gasteiger partial charge in [-0.05, 0) is 83.1 Å². The third kappa shape index (κ3) is 14.5. The van der Waals surface area contributed by atoms with Gasteiger partial charge in [-0.2, -0.15) is 0 Å². The number of rotatable bonds is 8. The third-order valence-corrected chi connectivity index (χ3v) is 4.45. The lowest BCUT2D eigenvalue weighted by Crippen LogP contribution is -2.40. The zero-order chi connectivity index (χ0) is 28.1. The Balaban J connectivity index is 0.000000932. The minimum absolute atomic E-state index is 0.110. The van der Waals surface area contributed by atoms with Gasteiger partial charge in [0.2, 0.25) is 0 Å². The predicted molar refractivity (Wildman–Crippen MR) is 138 cm³/mol. The van der Waals surface area contributed by atoms with Gasteiger partial charge in [0.15, 0.2) is 11.4 Å². The summed E-state index contributed by atoms with van der Waals surface area (Å²) >= 11 is 5.84. The van der Waals surface area contributed by atoms with Gasteiger partial charge in [-0.25, -0.2) is 4.79 Å². The van der Waals surface area contributed by atoms with Gasteiger partial charge in [-0.3, -0.25) is 4.79 Å². The summed E-state index contributed by atoms with van der Waals surface area (Å²) in [5, 5.41) is 17.9. The Bertz CT molecular complexity index is 959. The number of ketones is 1. The summed E-state index contributed by atoms with van der Waals surface area (Å²) in [5.41, 5.74) is -0.0393. The van der Waals surface area contributed by atoms with Crippen LogP contribution in [-0.2, 0) is 14.3 Å². The Morgan fingerprint density at radius 1 is 0.972 bits per heavy atom. The summed E-state index contributed by atoms with van der Waals surface area (Å²) in [7, 11) is 6.16. The van der Waals surface area contributed by atoms with Crippen molar-refractivity contribution in [2.24, 2.45) is 0 Å². The number of carbonyl (C=O) groups excluding carboxylic acids is 3. The fourth-order valence-electron chi connectivity index (χ4n) is 2.43. The summed E-state index contributed by atoms with van der Waals surface area (Å²) in [4.78, 5) is 33.4. The molecule has 0 saturated carbocycles. The van der Waals surface area contributed by atoms with Crippen LogP contribution in [0.3, 0.4) is 0 Å². The number of hydrogen-bond acceptors (Lipinski definition) is 7. The van der Waals surface area contributed by atoms with E-state index in [-0.39, 0.29) is 18.5 Å². The van der Waals surface area contributed by atoms with Gasteiger partial charge in [0.05, 0.1) is 33.9 Å². The molecule has 2 rings (SSSR count). The Hall–Kier alpha value is -2.94. The van der Waals surface area contributed by atoms with Gasteiger partial charge in [0.1, 0.15) is 12.3 Å². The Morgan fingerprint density at radius 3 is 1.72 bits per heavy atom. The summed E-state index contributed by atoms with van der Waals surface area (Å²) in [5.74, 6) is -1.15. The predicted octanol–water partition coefficient (Wildman–Crippen LogP) is 3.12. The van der Waals surface area contributed by atoms with Crippen LogP contribution in [-0.4, -0.2) is 73.3 Å². The molecule has 0 aliphatic rings. The number of likely N-dealkylation sites (N-methyl/N-ethyl adjacent to an activating group) is 1. The molecule has 2 aromatic rings. The molecule has 0 aromatic heterocycles. The van der Waals surface area contributed by atoms with Crippen LogP contribution in [0.1, 0.15) is 50.5 Å². The Kier molecular flexibility index (Phi) is 14.0. The SMILES string of the molecule is CC(=O)[O-].CC(C)OC(=O)C(C)(C)Oc1ccc(C(=O)c2ccc(Cl)cc2)cc1.C[N+](C)(C)CCO. The lowest BCUT2D eigenvalue weighted by Gasteiger charge is -2.25. The number of carboxylic acids is 1. The number of benzene rings is 2. The summed E-state index contributed by atoms with van der Waals surface area (Å²) in [6.45, 7) is 8.94. The average Bonchev–Trinajstić information content (AvgIpc) is 2.73. The average molecular weight is 524 g/mol. The molecular formula is C27H38ClNO7. The monoisotopic (exact) mass is 523 g/mol. The maximum absolute atomic E-state index is 12.4. The van der Waals surface area contributed by atoms with Crippen LogP contribution < -0.4 is 9.84 Å². The van der Waals surface area contributed by atoms with E-state index in [1.165, 1.54) is 0 Å². The van der Waals surface area contributed by atoms with Crippen molar-refractivity contribution in [3.05, 3.63) is 64.7 Å². The van der Waals surface area contributed by atoms with Crippen LogP contribution in [0.2, 0.25) is 5.02 Å². The van der Waals surface area contributed by atoms with Crippen molar-refractivity contribution in [3.8, 4) is 5.75 Å². The van der Waals surface area contributed by atoms with Crippen molar-refractivity contribution < 1.29 is 38.6 Å². The minimum atomic E-state index is -1.12. The second-order valence-corrected chi connectivity index (χ2v) is 10.1. The molecule has 0 spiro atoms. The maximum Gasteiger partial charge on any atom is 0.350 e. The standard InChI is InChI=1S/C20H21ClO4.C5H14NO.C2H4O2/c1-13(2)24-19(23)20(3,4)25-17-11-7-15(8-12-17)18(22)14-5-9-16(21)10-6-14;1-6(2,3)4-5-7;1-2(3)4/h5-13H,1-4H3;7H,4-5H2,1-3H3;1H3,(H,3,4)/q;+1;/p-1. The first-order valence-corrected chi connectivity index (χ1v) is 11.8. The molecule has 0 atom stereocenters. The molecule has 200 valence electrons. The number of quaternary nitrogens is 1. The molecule has 0 aliphatic heterocycles. The molecule has 0 bridgehead atoms. The van der Waals surface area contributed by atoms with Crippen LogP contribution in [0.4, 0.5) is 0 Å². The molecule has 8 nitrogen and oxygen atoms in total. The van der Waals surface area contributed by atoms with Crippen molar-refractivity contribution in [2.45, 2.75) is 46.3 Å². The number of halogens is 1. The number of aliphatic carboxylic acids is 1. The van der Waals surface area contributed by atoms with Crippen LogP contribution in [0.25, 0.3) is 0 Å². The highest BCUT2D eigenvalue weighted by Gasteiger charge is 2.32. The van der Waals surface area contributed by atoms with E-state index in [0.717, 1.165) is 18.0 Å². The van der Waals surface area contributed by atoms with Crippen molar-refractivity contribution in [3.63, 3.8) is 0 Å². The number of carbonyl (C=O) groups is 3. The van der Waals surface area contributed by atoms with E-state index in [0.29, 0.717) is 21.9 Å². The minimum Gasteiger partial charge on any atom is -0.550 e. The second kappa shape index (κ2) is 15.2. The molecule has 0 saturated heterocycles. The molecular weight excluding hydrogens is 486 g/mol. The van der Waals surface area contributed by atoms with Gasteiger partial charge in [-0.1, -0.05) is 11.6 Å². The van der Waals surface area contributed by atoms with Crippen molar-refractivity contribution in [1.29, 1.82) is 0 Å². The van der Waals surface area contributed by atoms with E-state index in [9.17, 15) is 9.59 Å². The number of carboxylic acid groups (broad SMARTS) is 1. The topological polar surface area (TPSA) is 113 Å². The van der Waals surface area contributed by atoms with Crippen LogP contribution in [0.15, 0.2) is 48.5 Å². The number of ether oxygens (including phenoxy) is 2. The molecule has 0 unspecified atom stereocenters. The lowest BCUT2D eigenvalue weighted by molar-refractivity contribution is -0.870. The molecule has 9 heteroatoms. The highest BCUT2D eigenvalue weighted by molar-refractivity contribution is 6.30. The summed E-state index contributed by atoms with van der Waals surface area (Å²) in [6.07, 6.45) is -0.213. The highest BCUT2D eigenvalue weighted by atomic mass is 35.5. The number of esters is 1.